The van der Waals surface area contributed by atoms with Crippen LogP contribution in [-0.2, 0) is 17.8 Å². The van der Waals surface area contributed by atoms with Crippen molar-refractivity contribution in [2.75, 3.05) is 7.05 Å². The van der Waals surface area contributed by atoms with E-state index < -0.39 is 5.97 Å². The van der Waals surface area contributed by atoms with Gasteiger partial charge in [0.2, 0.25) is 5.89 Å². The van der Waals surface area contributed by atoms with Gasteiger partial charge in [0.1, 0.15) is 6.26 Å². The van der Waals surface area contributed by atoms with Gasteiger partial charge < -0.3 is 14.8 Å². The number of aromatic nitrogens is 1. The molecule has 66 valence electrons. The number of carbonyl (C=O) groups is 1. The highest BCUT2D eigenvalue weighted by Crippen LogP contribution is 2.01. The van der Waals surface area contributed by atoms with Crippen molar-refractivity contribution in [2.45, 2.75) is 13.0 Å². The standard InChI is InChI=1S/C7H10N2O3/c1-8-3-6-9-5(4-12-6)2-7(10)11/h4,8H,2-3H2,1H3,(H,10,11). The second-order valence-electron chi connectivity index (χ2n) is 2.33. The molecule has 0 atom stereocenters. The number of nitrogens with zero attached hydrogens (tertiary/aromatic N) is 1. The molecule has 0 spiro atoms. The van der Waals surface area contributed by atoms with Crippen LogP contribution in [0.15, 0.2) is 10.7 Å². The van der Waals surface area contributed by atoms with Crippen LogP contribution in [0, 0.1) is 0 Å². The van der Waals surface area contributed by atoms with Crippen LogP contribution in [0.3, 0.4) is 0 Å². The lowest BCUT2D eigenvalue weighted by molar-refractivity contribution is -0.136. The van der Waals surface area contributed by atoms with Crippen molar-refractivity contribution < 1.29 is 14.3 Å². The quantitative estimate of drug-likeness (QED) is 0.666. The van der Waals surface area contributed by atoms with Crippen LogP contribution in [0.25, 0.3) is 0 Å². The molecule has 1 aromatic heterocycles. The van der Waals surface area contributed by atoms with Crippen LogP contribution in [-0.4, -0.2) is 23.1 Å². The number of carboxylic acids is 1. The molecule has 0 radical (unpaired) electrons. The summed E-state index contributed by atoms with van der Waals surface area (Å²) in [5.41, 5.74) is 0.452. The van der Waals surface area contributed by atoms with Gasteiger partial charge >= 0.3 is 5.97 Å². The summed E-state index contributed by atoms with van der Waals surface area (Å²) in [5, 5.41) is 11.3. The maximum atomic E-state index is 10.2. The molecule has 1 rings (SSSR count). The van der Waals surface area contributed by atoms with E-state index in [0.717, 1.165) is 0 Å². The van der Waals surface area contributed by atoms with Crippen LogP contribution < -0.4 is 5.32 Å². The maximum absolute atomic E-state index is 10.2. The second-order valence-corrected chi connectivity index (χ2v) is 2.33. The molecule has 1 aromatic rings. The molecule has 0 fully saturated rings. The first-order valence-corrected chi connectivity index (χ1v) is 3.52. The third-order valence-corrected chi connectivity index (χ3v) is 1.26. The van der Waals surface area contributed by atoms with Gasteiger partial charge in [0.15, 0.2) is 0 Å². The number of hydrogen-bond donors (Lipinski definition) is 2. The Kier molecular flexibility index (Phi) is 2.82. The second kappa shape index (κ2) is 3.87. The van der Waals surface area contributed by atoms with E-state index in [2.05, 4.69) is 10.3 Å². The van der Waals surface area contributed by atoms with Crippen LogP contribution in [0.1, 0.15) is 11.6 Å². The van der Waals surface area contributed by atoms with Crippen LogP contribution in [0.4, 0.5) is 0 Å². The Labute approximate surface area is 69.4 Å². The molecule has 5 nitrogen and oxygen atoms in total. The summed E-state index contributed by atoms with van der Waals surface area (Å²) in [6, 6.07) is 0. The fraction of sp³-hybridized carbons (Fsp3) is 0.429. The zero-order valence-electron chi connectivity index (χ0n) is 6.70. The lowest BCUT2D eigenvalue weighted by Crippen LogP contribution is -2.06. The fourth-order valence-electron chi connectivity index (χ4n) is 0.817. The Morgan fingerprint density at radius 3 is 3.17 bits per heavy atom. The highest BCUT2D eigenvalue weighted by molar-refractivity contribution is 5.69. The van der Waals surface area contributed by atoms with E-state index in [1.807, 2.05) is 0 Å². The maximum Gasteiger partial charge on any atom is 0.309 e. The minimum Gasteiger partial charge on any atom is -0.481 e. The number of hydrogen-bond acceptors (Lipinski definition) is 4. The van der Waals surface area contributed by atoms with Gasteiger partial charge in [-0.05, 0) is 7.05 Å². The summed E-state index contributed by atoms with van der Waals surface area (Å²) in [7, 11) is 1.76. The van der Waals surface area contributed by atoms with E-state index in [4.69, 9.17) is 9.52 Å². The predicted octanol–water partition coefficient (Wildman–Crippen LogP) is 0.0211. The average Bonchev–Trinajstić information content (AvgIpc) is 2.36. The van der Waals surface area contributed by atoms with E-state index in [-0.39, 0.29) is 6.42 Å². The lowest BCUT2D eigenvalue weighted by atomic mass is 10.3. The normalized spacial score (nSPS) is 10.1. The van der Waals surface area contributed by atoms with Gasteiger partial charge in [-0.25, -0.2) is 4.98 Å². The summed E-state index contributed by atoms with van der Waals surface area (Å²) in [5.74, 6) is -0.395. The molecule has 12 heavy (non-hydrogen) atoms. The average molecular weight is 170 g/mol. The Balaban J connectivity index is 2.58. The molecule has 0 aliphatic rings. The van der Waals surface area contributed by atoms with Gasteiger partial charge in [-0.1, -0.05) is 0 Å². The molecule has 0 aromatic carbocycles. The summed E-state index contributed by atoms with van der Waals surface area (Å²) < 4.78 is 4.97. The zero-order valence-corrected chi connectivity index (χ0v) is 6.70. The number of nitrogens with one attached hydrogen (secondary N) is 1. The van der Waals surface area contributed by atoms with Gasteiger partial charge in [-0.15, -0.1) is 0 Å². The van der Waals surface area contributed by atoms with Crippen LogP contribution in [0.5, 0.6) is 0 Å². The number of oxazole rings is 1. The Morgan fingerprint density at radius 2 is 2.58 bits per heavy atom. The molecule has 0 saturated carbocycles. The van der Waals surface area contributed by atoms with Crippen LogP contribution in [0.2, 0.25) is 0 Å². The van der Waals surface area contributed by atoms with Gasteiger partial charge in [0.05, 0.1) is 18.7 Å². The lowest BCUT2D eigenvalue weighted by Gasteiger charge is -1.89. The van der Waals surface area contributed by atoms with Gasteiger partial charge in [0, 0.05) is 0 Å². The minimum absolute atomic E-state index is 0.0901. The summed E-state index contributed by atoms with van der Waals surface area (Å²) >= 11 is 0. The molecule has 0 unspecified atom stereocenters. The first-order valence-electron chi connectivity index (χ1n) is 3.52. The highest BCUT2D eigenvalue weighted by Gasteiger charge is 2.06. The van der Waals surface area contributed by atoms with Crippen molar-refractivity contribution in [3.8, 4) is 0 Å². The molecule has 0 bridgehead atoms. The van der Waals surface area contributed by atoms with Gasteiger partial charge in [0.25, 0.3) is 0 Å². The Bertz CT molecular complexity index is 269. The van der Waals surface area contributed by atoms with Gasteiger partial charge in [-0.2, -0.15) is 0 Å². The van der Waals surface area contributed by atoms with E-state index in [1.165, 1.54) is 6.26 Å². The van der Waals surface area contributed by atoms with Crippen molar-refractivity contribution in [1.29, 1.82) is 0 Å². The monoisotopic (exact) mass is 170 g/mol. The largest absolute Gasteiger partial charge is 0.481 e. The third kappa shape index (κ3) is 2.35. The van der Waals surface area contributed by atoms with E-state index in [1.54, 1.807) is 7.05 Å². The molecule has 1 heterocycles. The summed E-state index contributed by atoms with van der Waals surface area (Å²) in [6.45, 7) is 0.514. The van der Waals surface area contributed by atoms with Crippen LogP contribution >= 0.6 is 0 Å². The summed E-state index contributed by atoms with van der Waals surface area (Å²) in [4.78, 5) is 14.2. The first kappa shape index (κ1) is 8.73. The Hall–Kier alpha value is -1.36. The zero-order chi connectivity index (χ0) is 8.97. The molecular formula is C7H10N2O3. The Morgan fingerprint density at radius 1 is 1.83 bits per heavy atom. The van der Waals surface area contributed by atoms with Crippen molar-refractivity contribution in [1.82, 2.24) is 10.3 Å². The third-order valence-electron chi connectivity index (χ3n) is 1.26. The smallest absolute Gasteiger partial charge is 0.309 e. The van der Waals surface area contributed by atoms with Gasteiger partial charge in [-0.3, -0.25) is 4.79 Å². The molecule has 2 N–H and O–H groups in total. The van der Waals surface area contributed by atoms with Crippen molar-refractivity contribution >= 4 is 5.97 Å². The highest BCUT2D eigenvalue weighted by atomic mass is 16.4. The molecule has 0 aliphatic heterocycles. The minimum atomic E-state index is -0.903. The molecule has 5 heteroatoms. The molecule has 0 aliphatic carbocycles. The predicted molar refractivity (Wildman–Crippen MR) is 40.6 cm³/mol. The molecular weight excluding hydrogens is 160 g/mol. The topological polar surface area (TPSA) is 75.4 Å². The number of aliphatic carboxylic acids is 1. The fourth-order valence-corrected chi connectivity index (χ4v) is 0.817. The van der Waals surface area contributed by atoms with Crippen molar-refractivity contribution in [2.24, 2.45) is 0 Å². The summed E-state index contributed by atoms with van der Waals surface area (Å²) in [6.07, 6.45) is 1.27. The van der Waals surface area contributed by atoms with Crippen molar-refractivity contribution in [3.05, 3.63) is 17.8 Å². The van der Waals surface area contributed by atoms with Crippen molar-refractivity contribution in [3.63, 3.8) is 0 Å². The van der Waals surface area contributed by atoms with E-state index in [0.29, 0.717) is 18.1 Å². The SMILES string of the molecule is CNCc1nc(CC(=O)O)co1. The number of rotatable bonds is 4. The number of carboxylic acid groups (broad SMARTS) is 1. The molecule has 0 amide bonds. The first-order chi connectivity index (χ1) is 5.72. The van der Waals surface area contributed by atoms with E-state index >= 15 is 0 Å². The molecule has 0 saturated heterocycles. The van der Waals surface area contributed by atoms with E-state index in [9.17, 15) is 4.79 Å².